The van der Waals surface area contributed by atoms with E-state index >= 15 is 0 Å². The number of nitrogens with two attached hydrogens (primary N) is 1. The lowest BCUT2D eigenvalue weighted by Gasteiger charge is -2.29. The third kappa shape index (κ3) is 5.05. The van der Waals surface area contributed by atoms with E-state index in [1.54, 1.807) is 6.20 Å². The molecule has 0 radical (unpaired) electrons. The lowest BCUT2D eigenvalue weighted by molar-refractivity contribution is 0.100. The summed E-state index contributed by atoms with van der Waals surface area (Å²) in [5.41, 5.74) is 10.2. The number of primary amides is 1. The summed E-state index contributed by atoms with van der Waals surface area (Å²) < 4.78 is 7.01. The molecule has 1 aliphatic heterocycles. The number of hydrogen-bond donors (Lipinski definition) is 2. The van der Waals surface area contributed by atoms with Crippen LogP contribution >= 0.6 is 11.3 Å². The number of hydrogen-bond acceptors (Lipinski definition) is 7. The first-order valence-corrected chi connectivity index (χ1v) is 13.1. The molecule has 4 aromatic rings. The molecule has 0 aliphatic carbocycles. The van der Waals surface area contributed by atoms with E-state index < -0.39 is 5.91 Å². The van der Waals surface area contributed by atoms with Gasteiger partial charge in [-0.2, -0.15) is 0 Å². The highest BCUT2D eigenvalue weighted by Crippen LogP contribution is 2.39. The number of amides is 1. The van der Waals surface area contributed by atoms with Crippen LogP contribution in [-0.4, -0.2) is 47.0 Å². The molecule has 2 aromatic carbocycles. The molecule has 1 amide bonds. The molecule has 7 nitrogen and oxygen atoms in total. The van der Waals surface area contributed by atoms with Crippen LogP contribution in [0.3, 0.4) is 0 Å². The lowest BCUT2D eigenvalue weighted by atomic mass is 9.89. The normalized spacial score (nSPS) is 14.9. The van der Waals surface area contributed by atoms with Crippen LogP contribution in [0.1, 0.15) is 47.8 Å². The Balaban J connectivity index is 1.51. The molecular weight excluding hydrogens is 470 g/mol. The van der Waals surface area contributed by atoms with Crippen molar-refractivity contribution in [3.63, 3.8) is 0 Å². The van der Waals surface area contributed by atoms with E-state index in [2.05, 4.69) is 40.4 Å². The fraction of sp³-hybridized carbons (Fsp3) is 0.321. The van der Waals surface area contributed by atoms with Gasteiger partial charge < -0.3 is 20.7 Å². The van der Waals surface area contributed by atoms with Crippen molar-refractivity contribution in [1.29, 1.82) is 0 Å². The van der Waals surface area contributed by atoms with Crippen molar-refractivity contribution < 1.29 is 9.53 Å². The van der Waals surface area contributed by atoms with Crippen molar-refractivity contribution in [3.05, 3.63) is 65.2 Å². The molecule has 186 valence electrons. The Morgan fingerprint density at radius 1 is 1.17 bits per heavy atom. The maximum atomic E-state index is 12.2. The third-order valence-corrected chi connectivity index (χ3v) is 7.65. The van der Waals surface area contributed by atoms with E-state index in [-0.39, 0.29) is 6.10 Å². The minimum absolute atomic E-state index is 0.0290. The average Bonchev–Trinajstić information content (AvgIpc) is 3.25. The van der Waals surface area contributed by atoms with Crippen molar-refractivity contribution in [2.75, 3.05) is 25.5 Å². The zero-order chi connectivity index (χ0) is 25.2. The number of nitrogens with one attached hydrogen (secondary N) is 1. The summed E-state index contributed by atoms with van der Waals surface area (Å²) in [4.78, 5) is 24.4. The monoisotopic (exact) mass is 501 g/mol. The zero-order valence-electron chi connectivity index (χ0n) is 20.8. The van der Waals surface area contributed by atoms with E-state index in [1.807, 2.05) is 44.2 Å². The third-order valence-electron chi connectivity index (χ3n) is 6.52. The topological polar surface area (TPSA) is 93.4 Å². The molecule has 0 saturated carbocycles. The maximum absolute atomic E-state index is 12.2. The van der Waals surface area contributed by atoms with E-state index in [4.69, 9.17) is 15.5 Å². The number of nitrogens with zero attached hydrogens (tertiary/aromatic N) is 3. The van der Waals surface area contributed by atoms with E-state index in [0.717, 1.165) is 53.2 Å². The van der Waals surface area contributed by atoms with Gasteiger partial charge in [0.25, 0.3) is 5.91 Å². The van der Waals surface area contributed by atoms with E-state index in [0.29, 0.717) is 22.3 Å². The van der Waals surface area contributed by atoms with E-state index in [1.165, 1.54) is 16.9 Å². The minimum atomic E-state index is -0.469. The summed E-state index contributed by atoms with van der Waals surface area (Å²) in [6.45, 7) is 6.27. The quantitative estimate of drug-likeness (QED) is 0.333. The Labute approximate surface area is 215 Å². The van der Waals surface area contributed by atoms with Gasteiger partial charge in [0, 0.05) is 5.56 Å². The van der Waals surface area contributed by atoms with Crippen molar-refractivity contribution in [2.24, 2.45) is 5.73 Å². The van der Waals surface area contributed by atoms with Gasteiger partial charge >= 0.3 is 0 Å². The summed E-state index contributed by atoms with van der Waals surface area (Å²) in [5.74, 6) is 1.29. The number of likely N-dealkylation sites (tertiary alicyclic amines) is 1. The Hall–Kier alpha value is -3.49. The first-order chi connectivity index (χ1) is 17.4. The van der Waals surface area contributed by atoms with Crippen molar-refractivity contribution >= 4 is 39.1 Å². The highest BCUT2D eigenvalue weighted by Gasteiger charge is 2.22. The van der Waals surface area contributed by atoms with Gasteiger partial charge in [-0.15, -0.1) is 11.3 Å². The van der Waals surface area contributed by atoms with Crippen molar-refractivity contribution in [1.82, 2.24) is 14.9 Å². The minimum Gasteiger partial charge on any atom is -0.489 e. The Bertz CT molecular complexity index is 1380. The number of anilines is 2. The predicted octanol–water partition coefficient (Wildman–Crippen LogP) is 5.80. The molecule has 1 fully saturated rings. The molecule has 3 heterocycles. The van der Waals surface area contributed by atoms with Crippen LogP contribution in [0.5, 0.6) is 5.75 Å². The van der Waals surface area contributed by atoms with Gasteiger partial charge in [-0.25, -0.2) is 9.97 Å². The van der Waals surface area contributed by atoms with Gasteiger partial charge in [0.2, 0.25) is 5.95 Å². The predicted molar refractivity (Wildman–Crippen MR) is 146 cm³/mol. The first-order valence-electron chi connectivity index (χ1n) is 12.3. The second-order valence-electron chi connectivity index (χ2n) is 9.57. The van der Waals surface area contributed by atoms with Gasteiger partial charge in [0.05, 0.1) is 28.2 Å². The molecule has 0 atom stereocenters. The van der Waals surface area contributed by atoms with Crippen LogP contribution < -0.4 is 15.8 Å². The van der Waals surface area contributed by atoms with Crippen molar-refractivity contribution in [2.45, 2.75) is 38.7 Å². The summed E-state index contributed by atoms with van der Waals surface area (Å²) in [5, 5.41) is 3.36. The number of piperidine rings is 1. The zero-order valence-corrected chi connectivity index (χ0v) is 21.6. The highest BCUT2D eigenvalue weighted by atomic mass is 32.1. The average molecular weight is 502 g/mol. The molecule has 2 aromatic heterocycles. The van der Waals surface area contributed by atoms with Crippen molar-refractivity contribution in [3.8, 4) is 16.9 Å². The van der Waals surface area contributed by atoms with E-state index in [9.17, 15) is 4.79 Å². The molecule has 0 bridgehead atoms. The number of benzene rings is 2. The largest absolute Gasteiger partial charge is 0.489 e. The number of carbonyl (C=O) groups is 1. The summed E-state index contributed by atoms with van der Waals surface area (Å²) in [6.07, 6.45) is 4.06. The van der Waals surface area contributed by atoms with Gasteiger partial charge in [-0.3, -0.25) is 4.79 Å². The number of fused-ring (bicyclic) bond motifs is 1. The van der Waals surface area contributed by atoms with Crippen LogP contribution in [-0.2, 0) is 0 Å². The molecule has 3 N–H and O–H groups in total. The number of aromatic nitrogens is 2. The molecule has 8 heteroatoms. The number of rotatable bonds is 7. The number of ether oxygens (including phenoxy) is 1. The van der Waals surface area contributed by atoms with Crippen LogP contribution in [0.4, 0.5) is 11.6 Å². The lowest BCUT2D eigenvalue weighted by Crippen LogP contribution is -2.29. The van der Waals surface area contributed by atoms with Crippen LogP contribution in [0.2, 0.25) is 0 Å². The molecule has 1 aliphatic rings. The molecular formula is C28H31N5O2S. The summed E-state index contributed by atoms with van der Waals surface area (Å²) in [7, 11) is 2.18. The molecule has 0 unspecified atom stereocenters. The Morgan fingerprint density at radius 2 is 1.92 bits per heavy atom. The molecule has 0 spiro atoms. The highest BCUT2D eigenvalue weighted by molar-refractivity contribution is 7.21. The van der Waals surface area contributed by atoms with Gasteiger partial charge in [0.15, 0.2) is 0 Å². The Morgan fingerprint density at radius 3 is 2.61 bits per heavy atom. The second kappa shape index (κ2) is 10.2. The molecule has 5 rings (SSSR count). The van der Waals surface area contributed by atoms with Gasteiger partial charge in [-0.1, -0.05) is 36.4 Å². The fourth-order valence-corrected chi connectivity index (χ4v) is 5.70. The van der Waals surface area contributed by atoms with Crippen LogP contribution in [0.25, 0.3) is 21.3 Å². The smallest absolute Gasteiger partial charge is 0.259 e. The summed E-state index contributed by atoms with van der Waals surface area (Å²) in [6, 6.07) is 16.1. The van der Waals surface area contributed by atoms with Gasteiger partial charge in [-0.05, 0) is 76.0 Å². The first kappa shape index (κ1) is 24.2. The standard InChI is InChI=1S/C28H31N5O2S/c1-17(2)35-22-15-20(18-11-13-33(3)14-12-18)9-10-21(22)31-28-30-16-23-25(32-28)24(26(36-23)27(29)34)19-7-5-4-6-8-19/h4-10,15-18H,11-14H2,1-3H3,(H2,29,34)(H,30,31,32). The SMILES string of the molecule is CC(C)Oc1cc(C2CCN(C)CC2)ccc1Nc1ncc2sc(C(N)=O)c(-c3ccccc3)c2n1. The summed E-state index contributed by atoms with van der Waals surface area (Å²) >= 11 is 1.32. The molecule has 36 heavy (non-hydrogen) atoms. The molecule has 1 saturated heterocycles. The maximum Gasteiger partial charge on any atom is 0.259 e. The number of thiophene rings is 1. The second-order valence-corrected chi connectivity index (χ2v) is 10.6. The van der Waals surface area contributed by atoms with Gasteiger partial charge in [0.1, 0.15) is 10.6 Å². The fourth-order valence-electron chi connectivity index (χ4n) is 4.71. The van der Waals surface area contributed by atoms with Crippen LogP contribution in [0, 0.1) is 0 Å². The number of carbonyl (C=O) groups excluding carboxylic acids is 1. The Kier molecular flexibility index (Phi) is 6.89. The van der Waals surface area contributed by atoms with Crippen LogP contribution in [0.15, 0.2) is 54.7 Å².